The summed E-state index contributed by atoms with van der Waals surface area (Å²) in [6.07, 6.45) is 7.96. The van der Waals surface area contributed by atoms with E-state index in [9.17, 15) is 19.8 Å². The fraction of sp³-hybridized carbons (Fsp3) is 0.867. The molecule has 0 aromatic carbocycles. The van der Waals surface area contributed by atoms with E-state index in [0.717, 1.165) is 38.4 Å². The van der Waals surface area contributed by atoms with Crippen molar-refractivity contribution >= 4 is 12.1 Å². The van der Waals surface area contributed by atoms with E-state index in [4.69, 9.17) is 0 Å². The van der Waals surface area contributed by atoms with Gasteiger partial charge in [0.25, 0.3) is 0 Å². The van der Waals surface area contributed by atoms with E-state index in [0.29, 0.717) is 30.5 Å². The van der Waals surface area contributed by atoms with Crippen molar-refractivity contribution in [3.8, 4) is 0 Å². The van der Waals surface area contributed by atoms with Gasteiger partial charge in [0.05, 0.1) is 17.6 Å². The van der Waals surface area contributed by atoms with Crippen molar-refractivity contribution in [1.29, 1.82) is 0 Å². The average molecular weight is 471 g/mol. The molecule has 0 aromatic heterocycles. The Balaban J connectivity index is 1.62. The molecule has 4 fully saturated rings. The second-order valence-electron chi connectivity index (χ2n) is 14.3. The fourth-order valence-corrected chi connectivity index (χ4v) is 10.7. The zero-order valence-electron chi connectivity index (χ0n) is 22.4. The van der Waals surface area contributed by atoms with Crippen LogP contribution in [0.3, 0.4) is 0 Å². The van der Waals surface area contributed by atoms with Gasteiger partial charge in [-0.15, -0.1) is 0 Å². The van der Waals surface area contributed by atoms with Crippen LogP contribution in [-0.2, 0) is 9.59 Å². The number of fused-ring (bicyclic) bond motifs is 7. The third-order valence-electron chi connectivity index (χ3n) is 13.2. The number of Topliss-reactive ketones (excluding diaryl/α,β-unsaturated/α-hetero) is 1. The highest BCUT2D eigenvalue weighted by atomic mass is 16.3. The minimum absolute atomic E-state index is 0.0233. The van der Waals surface area contributed by atoms with Crippen molar-refractivity contribution in [3.05, 3.63) is 11.6 Å². The monoisotopic (exact) mass is 470 g/mol. The maximum atomic E-state index is 12.9. The Morgan fingerprint density at radius 2 is 1.62 bits per heavy atom. The Bertz CT molecular complexity index is 936. The summed E-state index contributed by atoms with van der Waals surface area (Å²) in [4.78, 5) is 25.6. The summed E-state index contributed by atoms with van der Waals surface area (Å²) in [5.41, 5.74) is 0.422. The number of aldehydes is 1. The molecular formula is C30H46O4. The molecule has 34 heavy (non-hydrogen) atoms. The highest BCUT2D eigenvalue weighted by molar-refractivity contribution is 5.85. The second-order valence-corrected chi connectivity index (χ2v) is 14.3. The van der Waals surface area contributed by atoms with Crippen LogP contribution in [0.5, 0.6) is 0 Å². The summed E-state index contributed by atoms with van der Waals surface area (Å²) in [6.45, 7) is 16.0. The molecule has 0 bridgehead atoms. The van der Waals surface area contributed by atoms with Gasteiger partial charge in [-0.25, -0.2) is 0 Å². The maximum absolute atomic E-state index is 12.9. The summed E-state index contributed by atoms with van der Waals surface area (Å²) in [7, 11) is 0. The Kier molecular flexibility index (Phi) is 5.28. The average Bonchev–Trinajstić information content (AvgIpc) is 2.79. The molecule has 4 saturated carbocycles. The molecule has 11 atom stereocenters. The van der Waals surface area contributed by atoms with Crippen LogP contribution < -0.4 is 0 Å². The first-order chi connectivity index (χ1) is 15.7. The molecule has 2 N–H and O–H groups in total. The molecular weight excluding hydrogens is 424 g/mol. The highest BCUT2D eigenvalue weighted by Gasteiger charge is 2.70. The first-order valence-corrected chi connectivity index (χ1v) is 13.8. The molecule has 0 saturated heterocycles. The molecule has 0 unspecified atom stereocenters. The summed E-state index contributed by atoms with van der Waals surface area (Å²) in [5.74, 6) is 1.41. The van der Waals surface area contributed by atoms with Gasteiger partial charge >= 0.3 is 0 Å². The first kappa shape index (κ1) is 24.7. The smallest absolute Gasteiger partial charge is 0.138 e. The molecule has 5 rings (SSSR count). The standard InChI is InChI=1S/C30H46O4/c1-17-18(2)24(33)25(34)30(16-31)15-14-28(6)19(23(17)30)8-9-21-27(5)12-11-22(32)26(3,4)20(27)10-13-29(21,28)7/h8,16-18,20-21,23-25,33-34H,9-15H2,1-7H3/t17-,18-,20-,21+,23-,24+,25+,27-,28+,29+,30-/m0/s1. The largest absolute Gasteiger partial charge is 0.390 e. The van der Waals surface area contributed by atoms with E-state index in [1.165, 1.54) is 5.57 Å². The van der Waals surface area contributed by atoms with Gasteiger partial charge in [-0.2, -0.15) is 0 Å². The molecule has 4 nitrogen and oxygen atoms in total. The predicted molar refractivity (Wildman–Crippen MR) is 133 cm³/mol. The van der Waals surface area contributed by atoms with Crippen LogP contribution in [0.2, 0.25) is 0 Å². The number of aliphatic hydroxyl groups is 2. The van der Waals surface area contributed by atoms with Crippen LogP contribution in [0, 0.1) is 56.7 Å². The lowest BCUT2D eigenvalue weighted by Crippen LogP contribution is -2.67. The normalized spacial score (nSPS) is 56.3. The molecule has 0 aliphatic heterocycles. The molecule has 0 aromatic rings. The lowest BCUT2D eigenvalue weighted by Gasteiger charge is -2.71. The predicted octanol–water partition coefficient (Wildman–Crippen LogP) is 5.35. The van der Waals surface area contributed by atoms with Gasteiger partial charge in [0.15, 0.2) is 0 Å². The molecule has 0 radical (unpaired) electrons. The SMILES string of the molecule is C[C@H]1[C@H](C)[C@H]2C3=CC[C@@H]4[C@@]5(C)CCC(=O)C(C)(C)[C@@H]5CC[C@@]4(C)[C@]3(C)CC[C@@]2(C=O)[C@H](O)[C@@H]1O. The van der Waals surface area contributed by atoms with Crippen LogP contribution in [0.15, 0.2) is 11.6 Å². The summed E-state index contributed by atoms with van der Waals surface area (Å²) >= 11 is 0. The van der Waals surface area contributed by atoms with Crippen molar-refractivity contribution in [2.75, 3.05) is 0 Å². The van der Waals surface area contributed by atoms with Crippen molar-refractivity contribution in [3.63, 3.8) is 0 Å². The third kappa shape index (κ3) is 2.63. The van der Waals surface area contributed by atoms with Gasteiger partial charge < -0.3 is 15.0 Å². The molecule has 5 aliphatic rings. The summed E-state index contributed by atoms with van der Waals surface area (Å²) in [6, 6.07) is 0. The summed E-state index contributed by atoms with van der Waals surface area (Å²) in [5, 5.41) is 22.0. The fourth-order valence-electron chi connectivity index (χ4n) is 10.7. The van der Waals surface area contributed by atoms with Crippen LogP contribution in [-0.4, -0.2) is 34.5 Å². The number of ketones is 1. The number of allylic oxidation sites excluding steroid dienone is 2. The van der Waals surface area contributed by atoms with Crippen LogP contribution >= 0.6 is 0 Å². The topological polar surface area (TPSA) is 74.6 Å². The molecule has 4 heteroatoms. The Morgan fingerprint density at radius 1 is 0.941 bits per heavy atom. The number of hydrogen-bond donors (Lipinski definition) is 2. The number of rotatable bonds is 1. The first-order valence-electron chi connectivity index (χ1n) is 13.8. The second kappa shape index (κ2) is 7.28. The van der Waals surface area contributed by atoms with E-state index in [1.54, 1.807) is 0 Å². The van der Waals surface area contributed by atoms with Crippen LogP contribution in [0.4, 0.5) is 0 Å². The van der Waals surface area contributed by atoms with E-state index < -0.39 is 17.6 Å². The zero-order chi connectivity index (χ0) is 25.1. The Morgan fingerprint density at radius 3 is 2.26 bits per heavy atom. The molecule has 0 heterocycles. The Hall–Kier alpha value is -1.00. The van der Waals surface area contributed by atoms with Gasteiger partial charge in [-0.05, 0) is 84.4 Å². The van der Waals surface area contributed by atoms with Crippen molar-refractivity contribution in [2.24, 2.45) is 56.7 Å². The van der Waals surface area contributed by atoms with E-state index in [2.05, 4.69) is 47.6 Å². The zero-order valence-corrected chi connectivity index (χ0v) is 22.4. The van der Waals surface area contributed by atoms with Crippen molar-refractivity contribution in [1.82, 2.24) is 0 Å². The van der Waals surface area contributed by atoms with E-state index >= 15 is 0 Å². The summed E-state index contributed by atoms with van der Waals surface area (Å²) < 4.78 is 0. The number of carbonyl (C=O) groups excluding carboxylic acids is 2. The highest BCUT2D eigenvalue weighted by Crippen LogP contribution is 2.75. The van der Waals surface area contributed by atoms with E-state index in [-0.39, 0.29) is 39.4 Å². The Labute approximate surface area is 206 Å². The minimum atomic E-state index is -1.00. The third-order valence-corrected chi connectivity index (χ3v) is 13.2. The van der Waals surface area contributed by atoms with Gasteiger partial charge in [0, 0.05) is 11.8 Å². The maximum Gasteiger partial charge on any atom is 0.138 e. The van der Waals surface area contributed by atoms with Gasteiger partial charge in [0.1, 0.15) is 12.1 Å². The van der Waals surface area contributed by atoms with Crippen molar-refractivity contribution in [2.45, 2.75) is 106 Å². The van der Waals surface area contributed by atoms with Gasteiger partial charge in [0.2, 0.25) is 0 Å². The molecule has 5 aliphatic carbocycles. The number of carbonyl (C=O) groups is 2. The van der Waals surface area contributed by atoms with Crippen LogP contribution in [0.25, 0.3) is 0 Å². The van der Waals surface area contributed by atoms with Crippen LogP contribution in [0.1, 0.15) is 93.4 Å². The molecule has 0 amide bonds. The lowest BCUT2D eigenvalue weighted by atomic mass is 9.33. The van der Waals surface area contributed by atoms with E-state index in [1.807, 2.05) is 6.92 Å². The molecule has 0 spiro atoms. The van der Waals surface area contributed by atoms with Gasteiger partial charge in [-0.3, -0.25) is 4.79 Å². The quantitative estimate of drug-likeness (QED) is 0.400. The van der Waals surface area contributed by atoms with Crippen molar-refractivity contribution < 1.29 is 19.8 Å². The lowest BCUT2D eigenvalue weighted by molar-refractivity contribution is -0.205. The number of aliphatic hydroxyl groups excluding tert-OH is 2. The van der Waals surface area contributed by atoms with Gasteiger partial charge in [-0.1, -0.05) is 60.1 Å². The minimum Gasteiger partial charge on any atom is -0.390 e. The number of hydrogen-bond acceptors (Lipinski definition) is 4. The molecule has 190 valence electrons.